The molecule has 0 saturated carbocycles. The minimum atomic E-state index is -0.477. The summed E-state index contributed by atoms with van der Waals surface area (Å²) in [6, 6.07) is -1.34. The number of aromatic nitrogens is 3. The van der Waals surface area contributed by atoms with Crippen LogP contribution in [0.3, 0.4) is 0 Å². The average molecular weight is 230 g/mol. The second kappa shape index (κ2) is 3.06. The third-order valence-electron chi connectivity index (χ3n) is 1.12. The molecule has 0 spiro atoms. The molecule has 0 aromatic carbocycles. The SMILES string of the molecule is [2H]c1nc(-n2c([2H])nc(Br)c2[2H])c([2H])c([2H])c1[2H]. The van der Waals surface area contributed by atoms with Gasteiger partial charge in [-0.15, -0.1) is 0 Å². The van der Waals surface area contributed by atoms with Crippen molar-refractivity contribution in [2.75, 3.05) is 0 Å². The number of imidazole rings is 1. The lowest BCUT2D eigenvalue weighted by Crippen LogP contribution is -1.91. The highest BCUT2D eigenvalue weighted by atomic mass is 79.9. The summed E-state index contributed by atoms with van der Waals surface area (Å²) in [5, 5.41) is 0. The number of hydrogen-bond donors (Lipinski definition) is 0. The van der Waals surface area contributed by atoms with Crippen LogP contribution < -0.4 is 0 Å². The molecule has 0 radical (unpaired) electrons. The van der Waals surface area contributed by atoms with Gasteiger partial charge < -0.3 is 0 Å². The molecule has 2 aromatic rings. The maximum atomic E-state index is 7.69. The normalized spacial score (nSPS) is 17.1. The number of nitrogens with zero attached hydrogens (tertiary/aromatic N) is 3. The highest BCUT2D eigenvalue weighted by molar-refractivity contribution is 9.10. The molecule has 0 atom stereocenters. The Morgan fingerprint density at radius 3 is 3.08 bits per heavy atom. The first-order chi connectivity index (χ1) is 8.34. The number of rotatable bonds is 1. The van der Waals surface area contributed by atoms with E-state index < -0.39 is 24.3 Å². The van der Waals surface area contributed by atoms with Gasteiger partial charge in [0.15, 0.2) is 0 Å². The molecular weight excluding hydrogens is 218 g/mol. The molecule has 2 rings (SSSR count). The average Bonchev–Trinajstić information content (AvgIpc) is 2.56. The number of halogens is 1. The Morgan fingerprint density at radius 2 is 2.33 bits per heavy atom. The van der Waals surface area contributed by atoms with E-state index in [0.717, 1.165) is 4.57 Å². The van der Waals surface area contributed by atoms with Crippen LogP contribution in [0.2, 0.25) is 0 Å². The van der Waals surface area contributed by atoms with Gasteiger partial charge in [0.2, 0.25) is 0 Å². The van der Waals surface area contributed by atoms with Gasteiger partial charge in [0, 0.05) is 12.3 Å². The van der Waals surface area contributed by atoms with Crippen molar-refractivity contribution in [3.8, 4) is 5.82 Å². The van der Waals surface area contributed by atoms with Gasteiger partial charge in [-0.2, -0.15) is 0 Å². The number of pyridine rings is 1. The molecule has 0 aliphatic heterocycles. The van der Waals surface area contributed by atoms with Crippen LogP contribution in [-0.2, 0) is 0 Å². The predicted octanol–water partition coefficient (Wildman–Crippen LogP) is 2.03. The van der Waals surface area contributed by atoms with E-state index in [1.165, 1.54) is 0 Å². The van der Waals surface area contributed by atoms with Crippen molar-refractivity contribution in [3.63, 3.8) is 0 Å². The van der Waals surface area contributed by atoms with Crippen molar-refractivity contribution in [3.05, 3.63) is 41.4 Å². The van der Waals surface area contributed by atoms with Gasteiger partial charge in [0.05, 0.1) is 6.85 Å². The van der Waals surface area contributed by atoms with Gasteiger partial charge in [-0.1, -0.05) is 6.04 Å². The van der Waals surface area contributed by atoms with Crippen LogP contribution in [-0.4, -0.2) is 14.5 Å². The van der Waals surface area contributed by atoms with Crippen LogP contribution in [0.4, 0.5) is 0 Å². The first kappa shape index (κ1) is 3.30. The summed E-state index contributed by atoms with van der Waals surface area (Å²) in [7, 11) is 0. The Hall–Kier alpha value is -1.16. The summed E-state index contributed by atoms with van der Waals surface area (Å²) < 4.78 is 46.3. The minimum absolute atomic E-state index is 0.113. The standard InChI is InChI=1S/C8H6BrN3/c9-7-5-12(6-11-7)8-3-1-2-4-10-8/h1-6H/i1D,2D,3D,4D,5D,6D. The first-order valence-corrected chi connectivity index (χ1v) is 3.80. The summed E-state index contributed by atoms with van der Waals surface area (Å²) in [4.78, 5) is 7.35. The van der Waals surface area contributed by atoms with Crippen molar-refractivity contribution in [1.29, 1.82) is 0 Å². The molecule has 2 heterocycles. The van der Waals surface area contributed by atoms with Gasteiger partial charge in [0.25, 0.3) is 0 Å². The molecule has 4 heteroatoms. The monoisotopic (exact) mass is 229 g/mol. The van der Waals surface area contributed by atoms with Gasteiger partial charge in [0.1, 0.15) is 18.1 Å². The molecular formula is C8H6BrN3. The lowest BCUT2D eigenvalue weighted by atomic mass is 10.5. The van der Waals surface area contributed by atoms with Gasteiger partial charge in [-0.25, -0.2) is 9.97 Å². The van der Waals surface area contributed by atoms with Crippen LogP contribution in [0, 0.1) is 0 Å². The van der Waals surface area contributed by atoms with E-state index in [9.17, 15) is 0 Å². The van der Waals surface area contributed by atoms with E-state index in [1.807, 2.05) is 0 Å². The fraction of sp³-hybridized carbons (Fsp3) is 0. The largest absolute Gasteiger partial charge is 0.289 e. The Morgan fingerprint density at radius 1 is 1.42 bits per heavy atom. The Bertz CT molecular complexity index is 640. The van der Waals surface area contributed by atoms with Gasteiger partial charge >= 0.3 is 0 Å². The zero-order chi connectivity index (χ0) is 13.6. The zero-order valence-electron chi connectivity index (χ0n) is 11.7. The summed E-state index contributed by atoms with van der Waals surface area (Å²) in [5.74, 6) is -0.214. The van der Waals surface area contributed by atoms with Crippen LogP contribution in [0.15, 0.2) is 41.4 Å². The second-order valence-electron chi connectivity index (χ2n) is 1.87. The minimum Gasteiger partial charge on any atom is -0.289 e. The summed E-state index contributed by atoms with van der Waals surface area (Å²) >= 11 is 2.98. The molecule has 12 heavy (non-hydrogen) atoms. The van der Waals surface area contributed by atoms with Gasteiger partial charge in [-0.05, 0) is 28.0 Å². The van der Waals surface area contributed by atoms with Crippen molar-refractivity contribution in [2.24, 2.45) is 0 Å². The molecule has 0 bridgehead atoms. The molecule has 0 saturated heterocycles. The Balaban J connectivity index is 2.80. The van der Waals surface area contributed by atoms with Crippen molar-refractivity contribution < 1.29 is 8.22 Å². The van der Waals surface area contributed by atoms with E-state index in [2.05, 4.69) is 25.9 Å². The summed E-state index contributed by atoms with van der Waals surface area (Å²) in [5.41, 5.74) is 0. The van der Waals surface area contributed by atoms with Crippen molar-refractivity contribution in [2.45, 2.75) is 0 Å². The lowest BCUT2D eigenvalue weighted by Gasteiger charge is -1.97. The predicted molar refractivity (Wildman–Crippen MR) is 49.1 cm³/mol. The van der Waals surface area contributed by atoms with Crippen molar-refractivity contribution >= 4 is 15.9 Å². The Labute approximate surface area is 86.6 Å². The molecule has 0 unspecified atom stereocenters. The molecule has 0 aliphatic rings. The molecule has 2 aromatic heterocycles. The molecule has 0 amide bonds. The van der Waals surface area contributed by atoms with E-state index in [-0.39, 0.29) is 22.9 Å². The summed E-state index contributed by atoms with van der Waals surface area (Å²) in [6.07, 6.45) is -1.00. The molecule has 3 nitrogen and oxygen atoms in total. The van der Waals surface area contributed by atoms with Crippen LogP contribution in [0.1, 0.15) is 8.22 Å². The van der Waals surface area contributed by atoms with E-state index >= 15 is 0 Å². The highest BCUT2D eigenvalue weighted by Crippen LogP contribution is 2.08. The first-order valence-electron chi connectivity index (χ1n) is 6.00. The van der Waals surface area contributed by atoms with E-state index in [1.54, 1.807) is 0 Å². The van der Waals surface area contributed by atoms with Crippen LogP contribution in [0.5, 0.6) is 0 Å². The lowest BCUT2D eigenvalue weighted by molar-refractivity contribution is 0.993. The van der Waals surface area contributed by atoms with E-state index in [0.29, 0.717) is 0 Å². The molecule has 60 valence electrons. The fourth-order valence-electron chi connectivity index (χ4n) is 0.666. The van der Waals surface area contributed by atoms with Crippen LogP contribution in [0.25, 0.3) is 5.82 Å². The van der Waals surface area contributed by atoms with Crippen LogP contribution >= 0.6 is 15.9 Å². The molecule has 0 fully saturated rings. The van der Waals surface area contributed by atoms with Crippen molar-refractivity contribution in [1.82, 2.24) is 14.5 Å². The molecule has 0 N–H and O–H groups in total. The third-order valence-corrected chi connectivity index (χ3v) is 1.47. The zero-order valence-corrected chi connectivity index (χ0v) is 7.31. The summed E-state index contributed by atoms with van der Waals surface area (Å²) in [6.45, 7) is 0. The quantitative estimate of drug-likeness (QED) is 0.750. The van der Waals surface area contributed by atoms with Gasteiger partial charge in [-0.3, -0.25) is 4.57 Å². The third kappa shape index (κ3) is 1.38. The highest BCUT2D eigenvalue weighted by Gasteiger charge is 1.96. The smallest absolute Gasteiger partial charge is 0.137 e. The Kier molecular flexibility index (Phi) is 0.842. The topological polar surface area (TPSA) is 30.7 Å². The maximum absolute atomic E-state index is 7.69. The number of hydrogen-bond acceptors (Lipinski definition) is 2. The van der Waals surface area contributed by atoms with E-state index in [4.69, 9.17) is 8.22 Å². The maximum Gasteiger partial charge on any atom is 0.137 e. The molecule has 0 aliphatic carbocycles. The fourth-order valence-corrected chi connectivity index (χ4v) is 0.923. The second-order valence-corrected chi connectivity index (χ2v) is 2.62.